The molecule has 1 fully saturated rings. The summed E-state index contributed by atoms with van der Waals surface area (Å²) < 4.78 is 30.0. The molecule has 3 aromatic rings. The van der Waals surface area contributed by atoms with Crippen molar-refractivity contribution in [3.05, 3.63) is 82.0 Å². The summed E-state index contributed by atoms with van der Waals surface area (Å²) in [5, 5.41) is 0.921. The quantitative estimate of drug-likeness (QED) is 0.528. The van der Waals surface area contributed by atoms with Gasteiger partial charge in [0.15, 0.2) is 9.84 Å². The number of amides is 1. The summed E-state index contributed by atoms with van der Waals surface area (Å²) in [6.45, 7) is 0.144. The number of benzene rings is 2. The van der Waals surface area contributed by atoms with Crippen LogP contribution in [0.1, 0.15) is 22.5 Å². The maximum atomic E-state index is 13.3. The van der Waals surface area contributed by atoms with Crippen LogP contribution in [0.4, 0.5) is 0 Å². The number of hydrogen-bond donors (Lipinski definition) is 0. The average molecular weight is 464 g/mol. The number of halogens is 2. The smallest absolute Gasteiger partial charge is 0.256 e. The van der Waals surface area contributed by atoms with Gasteiger partial charge >= 0.3 is 0 Å². The van der Waals surface area contributed by atoms with Crippen LogP contribution < -0.4 is 0 Å². The Bertz CT molecular complexity index is 1190. The van der Waals surface area contributed by atoms with E-state index in [2.05, 4.69) is 0 Å². The molecule has 0 radical (unpaired) electrons. The van der Waals surface area contributed by atoms with Gasteiger partial charge in [-0.2, -0.15) is 0 Å². The molecule has 5 nitrogen and oxygen atoms in total. The van der Waals surface area contributed by atoms with Gasteiger partial charge in [-0.15, -0.1) is 0 Å². The molecular weight excluding hydrogens is 445 g/mol. The molecule has 1 aliphatic heterocycles. The van der Waals surface area contributed by atoms with Crippen molar-refractivity contribution >= 4 is 38.9 Å². The van der Waals surface area contributed by atoms with Gasteiger partial charge in [0.2, 0.25) is 0 Å². The zero-order valence-electron chi connectivity index (χ0n) is 15.9. The number of carbonyl (C=O) groups is 1. The molecule has 2 aromatic carbocycles. The summed E-state index contributed by atoms with van der Waals surface area (Å²) in [4.78, 5) is 14.8. The number of hydrogen-bond acceptors (Lipinski definition) is 4. The van der Waals surface area contributed by atoms with Gasteiger partial charge in [0.1, 0.15) is 11.5 Å². The number of nitrogens with zero attached hydrogens (tertiary/aromatic N) is 1. The van der Waals surface area contributed by atoms with Crippen LogP contribution >= 0.6 is 23.2 Å². The first-order chi connectivity index (χ1) is 14.3. The lowest BCUT2D eigenvalue weighted by Crippen LogP contribution is -2.40. The number of furan rings is 1. The maximum Gasteiger partial charge on any atom is 0.256 e. The first-order valence-electron chi connectivity index (χ1n) is 9.43. The molecule has 4 rings (SSSR count). The molecule has 0 bridgehead atoms. The van der Waals surface area contributed by atoms with Crippen molar-refractivity contribution in [2.24, 2.45) is 0 Å². The molecule has 2 heterocycles. The van der Waals surface area contributed by atoms with E-state index in [4.69, 9.17) is 27.6 Å². The topological polar surface area (TPSA) is 67.6 Å². The highest BCUT2D eigenvalue weighted by molar-refractivity contribution is 7.91. The number of rotatable bonds is 5. The lowest BCUT2D eigenvalue weighted by molar-refractivity contribution is 0.0667. The second kappa shape index (κ2) is 8.46. The minimum absolute atomic E-state index is 0.0644. The van der Waals surface area contributed by atoms with E-state index < -0.39 is 15.9 Å². The zero-order valence-corrected chi connectivity index (χ0v) is 18.3. The highest BCUT2D eigenvalue weighted by atomic mass is 35.5. The second-order valence-electron chi connectivity index (χ2n) is 7.25. The van der Waals surface area contributed by atoms with Crippen molar-refractivity contribution in [3.8, 4) is 11.3 Å². The highest BCUT2D eigenvalue weighted by Crippen LogP contribution is 2.28. The van der Waals surface area contributed by atoms with Crippen LogP contribution in [0, 0.1) is 0 Å². The van der Waals surface area contributed by atoms with Gasteiger partial charge < -0.3 is 9.32 Å². The molecule has 30 heavy (non-hydrogen) atoms. The molecule has 0 aliphatic carbocycles. The van der Waals surface area contributed by atoms with Gasteiger partial charge in [-0.1, -0.05) is 47.5 Å². The Hall–Kier alpha value is -2.28. The van der Waals surface area contributed by atoms with Crippen LogP contribution in [0.2, 0.25) is 10.0 Å². The van der Waals surface area contributed by atoms with E-state index in [1.807, 2.05) is 18.2 Å². The molecule has 1 saturated heterocycles. The predicted octanol–water partition coefficient (Wildman–Crippen LogP) is 5.08. The molecule has 0 spiro atoms. The molecule has 1 aromatic heterocycles. The lowest BCUT2D eigenvalue weighted by atomic mass is 10.1. The standard InChI is InChI=1S/C22H19Cl2NO4S/c23-16-5-3-4-15(12-16)21-9-8-18(29-21)13-25(17-10-11-30(27,28)14-17)22(26)19-6-1-2-7-20(19)24/h1-9,12,17H,10-11,13-14H2/t17-/m1/s1. The first kappa shape index (κ1) is 21.0. The van der Waals surface area contributed by atoms with Crippen molar-refractivity contribution in [1.29, 1.82) is 0 Å². The monoisotopic (exact) mass is 463 g/mol. The minimum Gasteiger partial charge on any atom is -0.459 e. The molecular formula is C22H19Cl2NO4S. The van der Waals surface area contributed by atoms with E-state index in [9.17, 15) is 13.2 Å². The molecule has 1 atom stereocenters. The second-order valence-corrected chi connectivity index (χ2v) is 10.3. The Kier molecular flexibility index (Phi) is 5.91. The zero-order chi connectivity index (χ0) is 21.3. The van der Waals surface area contributed by atoms with Crippen LogP contribution in [-0.4, -0.2) is 36.8 Å². The molecule has 0 unspecified atom stereocenters. The molecule has 1 amide bonds. The van der Waals surface area contributed by atoms with E-state index in [0.717, 1.165) is 5.56 Å². The molecule has 0 saturated carbocycles. The Morgan fingerprint density at radius 1 is 1.07 bits per heavy atom. The fourth-order valence-corrected chi connectivity index (χ4v) is 5.74. The van der Waals surface area contributed by atoms with Crippen LogP contribution in [0.25, 0.3) is 11.3 Å². The molecule has 156 valence electrons. The van der Waals surface area contributed by atoms with Crippen molar-refractivity contribution in [3.63, 3.8) is 0 Å². The van der Waals surface area contributed by atoms with E-state index in [1.54, 1.807) is 47.4 Å². The van der Waals surface area contributed by atoms with Gasteiger partial charge in [0.25, 0.3) is 5.91 Å². The van der Waals surface area contributed by atoms with Crippen molar-refractivity contribution in [2.75, 3.05) is 11.5 Å². The van der Waals surface area contributed by atoms with Crippen LogP contribution in [0.5, 0.6) is 0 Å². The summed E-state index contributed by atoms with van der Waals surface area (Å²) in [5.74, 6) is 0.857. The van der Waals surface area contributed by atoms with Gasteiger partial charge in [0, 0.05) is 16.6 Å². The molecule has 8 heteroatoms. The van der Waals surface area contributed by atoms with E-state index in [0.29, 0.717) is 33.6 Å². The third-order valence-corrected chi connectivity index (χ3v) is 7.43. The number of carbonyl (C=O) groups excluding carboxylic acids is 1. The SMILES string of the molecule is O=C(c1ccccc1Cl)N(Cc1ccc(-c2cccc(Cl)c2)o1)[C@@H]1CCS(=O)(=O)C1. The van der Waals surface area contributed by atoms with Gasteiger partial charge in [-0.25, -0.2) is 8.42 Å². The van der Waals surface area contributed by atoms with Gasteiger partial charge in [-0.05, 0) is 42.8 Å². The Morgan fingerprint density at radius 3 is 2.57 bits per heavy atom. The van der Waals surface area contributed by atoms with E-state index in [1.165, 1.54) is 0 Å². The van der Waals surface area contributed by atoms with Crippen molar-refractivity contribution in [2.45, 2.75) is 19.0 Å². The van der Waals surface area contributed by atoms with Crippen LogP contribution in [-0.2, 0) is 16.4 Å². The summed E-state index contributed by atoms with van der Waals surface area (Å²) in [7, 11) is -3.17. The first-order valence-corrected chi connectivity index (χ1v) is 12.0. The largest absolute Gasteiger partial charge is 0.459 e. The Balaban J connectivity index is 1.64. The van der Waals surface area contributed by atoms with Crippen molar-refractivity contribution in [1.82, 2.24) is 4.90 Å². The third-order valence-electron chi connectivity index (χ3n) is 5.11. The van der Waals surface area contributed by atoms with Gasteiger partial charge in [0.05, 0.1) is 28.6 Å². The third kappa shape index (κ3) is 4.56. The van der Waals surface area contributed by atoms with Crippen molar-refractivity contribution < 1.29 is 17.6 Å². The summed E-state index contributed by atoms with van der Waals surface area (Å²) in [5.41, 5.74) is 1.16. The molecule has 1 aliphatic rings. The summed E-state index contributed by atoms with van der Waals surface area (Å²) >= 11 is 12.3. The summed E-state index contributed by atoms with van der Waals surface area (Å²) in [6, 6.07) is 17.2. The van der Waals surface area contributed by atoms with E-state index in [-0.39, 0.29) is 24.0 Å². The molecule has 0 N–H and O–H groups in total. The van der Waals surface area contributed by atoms with Gasteiger partial charge in [-0.3, -0.25) is 4.79 Å². The Morgan fingerprint density at radius 2 is 1.87 bits per heavy atom. The average Bonchev–Trinajstić information content (AvgIpc) is 3.32. The van der Waals surface area contributed by atoms with Crippen LogP contribution in [0.3, 0.4) is 0 Å². The normalized spacial score (nSPS) is 17.7. The Labute approximate surface area is 185 Å². The minimum atomic E-state index is -3.17. The highest BCUT2D eigenvalue weighted by Gasteiger charge is 2.36. The van der Waals surface area contributed by atoms with E-state index >= 15 is 0 Å². The fourth-order valence-electron chi connectivity index (χ4n) is 3.60. The predicted molar refractivity (Wildman–Crippen MR) is 118 cm³/mol. The fraction of sp³-hybridized carbons (Fsp3) is 0.227. The van der Waals surface area contributed by atoms with Crippen LogP contribution in [0.15, 0.2) is 65.1 Å². The summed E-state index contributed by atoms with van der Waals surface area (Å²) in [6.07, 6.45) is 0.389. The number of sulfone groups is 1. The lowest BCUT2D eigenvalue weighted by Gasteiger charge is -2.28. The maximum absolute atomic E-state index is 13.3.